The van der Waals surface area contributed by atoms with Crippen molar-refractivity contribution in [3.63, 3.8) is 0 Å². The van der Waals surface area contributed by atoms with Gasteiger partial charge in [-0.25, -0.2) is 0 Å². The summed E-state index contributed by atoms with van der Waals surface area (Å²) in [6, 6.07) is 7.03. The summed E-state index contributed by atoms with van der Waals surface area (Å²) in [6.07, 6.45) is 2.80. The second-order valence-corrected chi connectivity index (χ2v) is 6.22. The monoisotopic (exact) mass is 291 g/mol. The Morgan fingerprint density at radius 1 is 1.05 bits per heavy atom. The second-order valence-electron chi connectivity index (χ2n) is 6.22. The lowest BCUT2D eigenvalue weighted by atomic mass is 9.97. The van der Waals surface area contributed by atoms with Gasteiger partial charge in [0.05, 0.1) is 12.2 Å². The lowest BCUT2D eigenvalue weighted by molar-refractivity contribution is -0.0433. The molecule has 2 aliphatic rings. The number of hydrogen-bond acceptors (Lipinski definition) is 4. The number of hydrogen-bond donors (Lipinski definition) is 1. The lowest BCUT2D eigenvalue weighted by Gasteiger charge is -2.34. The Morgan fingerprint density at radius 2 is 1.71 bits per heavy atom. The Bertz CT molecular complexity index is 481. The quantitative estimate of drug-likeness (QED) is 0.929. The Kier molecular flexibility index (Phi) is 4.36. The maximum atomic E-state index is 5.80. The van der Waals surface area contributed by atoms with Crippen molar-refractivity contribution < 1.29 is 14.2 Å². The highest BCUT2D eigenvalue weighted by molar-refractivity contribution is 5.44. The van der Waals surface area contributed by atoms with E-state index in [-0.39, 0.29) is 0 Å². The van der Waals surface area contributed by atoms with Gasteiger partial charge in [0.2, 0.25) is 0 Å². The molecular weight excluding hydrogens is 266 g/mol. The number of rotatable bonds is 3. The van der Waals surface area contributed by atoms with E-state index < -0.39 is 0 Å². The summed E-state index contributed by atoms with van der Waals surface area (Å²) in [5.74, 6) is 1.71. The van der Waals surface area contributed by atoms with Crippen LogP contribution in [0.5, 0.6) is 11.5 Å². The molecule has 0 aromatic heterocycles. The summed E-state index contributed by atoms with van der Waals surface area (Å²) in [5, 5.41) is 3.73. The molecule has 0 aliphatic carbocycles. The van der Waals surface area contributed by atoms with Crippen LogP contribution in [-0.2, 0) is 4.74 Å². The molecule has 1 aromatic carbocycles. The van der Waals surface area contributed by atoms with Crippen LogP contribution in [0.15, 0.2) is 18.2 Å². The summed E-state index contributed by atoms with van der Waals surface area (Å²) in [6.45, 7) is 7.78. The molecule has 1 N–H and O–H groups in total. The summed E-state index contributed by atoms with van der Waals surface area (Å²) in [4.78, 5) is 0. The molecule has 3 rings (SSSR count). The van der Waals surface area contributed by atoms with E-state index in [2.05, 4.69) is 38.2 Å². The van der Waals surface area contributed by atoms with Crippen molar-refractivity contribution in [1.82, 2.24) is 5.32 Å². The minimum absolute atomic E-state index is 0.295. The Balaban J connectivity index is 1.66. The van der Waals surface area contributed by atoms with Crippen LogP contribution in [-0.4, -0.2) is 31.5 Å². The van der Waals surface area contributed by atoms with Gasteiger partial charge < -0.3 is 19.5 Å². The fraction of sp³-hybridized carbons (Fsp3) is 0.647. The largest absolute Gasteiger partial charge is 0.486 e. The van der Waals surface area contributed by atoms with E-state index in [1.54, 1.807) is 0 Å². The SMILES string of the molecule is CC1CC(NC(C)c2ccc3c(c2)OCCO3)CC(C)O1. The molecule has 2 heterocycles. The van der Waals surface area contributed by atoms with Crippen molar-refractivity contribution >= 4 is 0 Å². The van der Waals surface area contributed by atoms with E-state index in [0.717, 1.165) is 24.3 Å². The van der Waals surface area contributed by atoms with Crippen molar-refractivity contribution in [3.8, 4) is 11.5 Å². The van der Waals surface area contributed by atoms with Crippen molar-refractivity contribution in [1.29, 1.82) is 0 Å². The standard InChI is InChI=1S/C17H25NO3/c1-11-8-15(9-12(2)21-11)18-13(3)14-4-5-16-17(10-14)20-7-6-19-16/h4-5,10-13,15,18H,6-9H2,1-3H3. The van der Waals surface area contributed by atoms with Crippen LogP contribution < -0.4 is 14.8 Å². The highest BCUT2D eigenvalue weighted by Crippen LogP contribution is 2.33. The molecule has 0 spiro atoms. The van der Waals surface area contributed by atoms with E-state index in [1.807, 2.05) is 6.07 Å². The lowest BCUT2D eigenvalue weighted by Crippen LogP contribution is -2.42. The van der Waals surface area contributed by atoms with Gasteiger partial charge in [-0.15, -0.1) is 0 Å². The van der Waals surface area contributed by atoms with Crippen molar-refractivity contribution in [2.45, 2.75) is 57.9 Å². The average Bonchev–Trinajstić information content (AvgIpc) is 2.45. The van der Waals surface area contributed by atoms with Gasteiger partial charge in [0.25, 0.3) is 0 Å². The first-order chi connectivity index (χ1) is 10.1. The van der Waals surface area contributed by atoms with Crippen LogP contribution in [0.2, 0.25) is 0 Å². The van der Waals surface area contributed by atoms with Crippen LogP contribution >= 0.6 is 0 Å². The zero-order valence-electron chi connectivity index (χ0n) is 13.1. The molecule has 0 saturated carbocycles. The molecular formula is C17H25NO3. The van der Waals surface area contributed by atoms with E-state index in [4.69, 9.17) is 14.2 Å². The van der Waals surface area contributed by atoms with E-state index in [9.17, 15) is 0 Å². The minimum atomic E-state index is 0.295. The van der Waals surface area contributed by atoms with Crippen molar-refractivity contribution in [2.24, 2.45) is 0 Å². The van der Waals surface area contributed by atoms with Gasteiger partial charge in [-0.05, 0) is 51.3 Å². The number of nitrogens with one attached hydrogen (secondary N) is 1. The minimum Gasteiger partial charge on any atom is -0.486 e. The third kappa shape index (κ3) is 3.50. The molecule has 0 bridgehead atoms. The zero-order valence-corrected chi connectivity index (χ0v) is 13.1. The van der Waals surface area contributed by atoms with Gasteiger partial charge in [-0.1, -0.05) is 6.07 Å². The normalized spacial score (nSPS) is 30.0. The van der Waals surface area contributed by atoms with E-state index in [1.165, 1.54) is 5.56 Å². The maximum absolute atomic E-state index is 5.80. The number of fused-ring (bicyclic) bond motifs is 1. The van der Waals surface area contributed by atoms with Gasteiger partial charge in [0, 0.05) is 12.1 Å². The molecule has 116 valence electrons. The zero-order chi connectivity index (χ0) is 14.8. The first-order valence-corrected chi connectivity index (χ1v) is 7.93. The number of benzene rings is 1. The van der Waals surface area contributed by atoms with Gasteiger partial charge in [0.15, 0.2) is 11.5 Å². The molecule has 4 heteroatoms. The van der Waals surface area contributed by atoms with Crippen LogP contribution in [0.4, 0.5) is 0 Å². The third-order valence-electron chi connectivity index (χ3n) is 4.25. The molecule has 4 nitrogen and oxygen atoms in total. The Labute approximate surface area is 126 Å². The fourth-order valence-electron chi connectivity index (χ4n) is 3.32. The molecule has 0 radical (unpaired) electrons. The fourth-order valence-corrected chi connectivity index (χ4v) is 3.32. The predicted octanol–water partition coefficient (Wildman–Crippen LogP) is 3.06. The Hall–Kier alpha value is -1.26. The molecule has 21 heavy (non-hydrogen) atoms. The first-order valence-electron chi connectivity index (χ1n) is 7.93. The summed E-state index contributed by atoms with van der Waals surface area (Å²) >= 11 is 0. The maximum Gasteiger partial charge on any atom is 0.161 e. The summed E-state index contributed by atoms with van der Waals surface area (Å²) in [7, 11) is 0. The summed E-state index contributed by atoms with van der Waals surface area (Å²) < 4.78 is 17.0. The van der Waals surface area contributed by atoms with Crippen LogP contribution in [0.25, 0.3) is 0 Å². The van der Waals surface area contributed by atoms with Gasteiger partial charge in [0.1, 0.15) is 13.2 Å². The van der Waals surface area contributed by atoms with Crippen LogP contribution in [0.1, 0.15) is 45.2 Å². The number of ether oxygens (including phenoxy) is 3. The Morgan fingerprint density at radius 3 is 2.43 bits per heavy atom. The van der Waals surface area contributed by atoms with E-state index in [0.29, 0.717) is 37.5 Å². The van der Waals surface area contributed by atoms with Crippen LogP contribution in [0, 0.1) is 0 Å². The molecule has 1 fully saturated rings. The van der Waals surface area contributed by atoms with Crippen molar-refractivity contribution in [3.05, 3.63) is 23.8 Å². The second kappa shape index (κ2) is 6.24. The molecule has 2 aliphatic heterocycles. The first kappa shape index (κ1) is 14.7. The van der Waals surface area contributed by atoms with Gasteiger partial charge >= 0.3 is 0 Å². The van der Waals surface area contributed by atoms with E-state index >= 15 is 0 Å². The molecule has 1 aromatic rings. The highest BCUT2D eigenvalue weighted by atomic mass is 16.6. The molecule has 3 atom stereocenters. The molecule has 3 unspecified atom stereocenters. The summed E-state index contributed by atoms with van der Waals surface area (Å²) in [5.41, 5.74) is 1.24. The van der Waals surface area contributed by atoms with Crippen molar-refractivity contribution in [2.75, 3.05) is 13.2 Å². The molecule has 0 amide bonds. The highest BCUT2D eigenvalue weighted by Gasteiger charge is 2.25. The topological polar surface area (TPSA) is 39.7 Å². The third-order valence-corrected chi connectivity index (χ3v) is 4.25. The van der Waals surface area contributed by atoms with Crippen LogP contribution in [0.3, 0.4) is 0 Å². The molecule has 1 saturated heterocycles. The van der Waals surface area contributed by atoms with Gasteiger partial charge in [-0.2, -0.15) is 0 Å². The van der Waals surface area contributed by atoms with Gasteiger partial charge in [-0.3, -0.25) is 0 Å². The predicted molar refractivity (Wildman–Crippen MR) is 82.0 cm³/mol. The smallest absolute Gasteiger partial charge is 0.161 e. The average molecular weight is 291 g/mol.